The molecule has 0 aliphatic carbocycles. The summed E-state index contributed by atoms with van der Waals surface area (Å²) in [7, 11) is 3.08. The first kappa shape index (κ1) is 10.9. The highest BCUT2D eigenvalue weighted by molar-refractivity contribution is 7.80. The molecule has 1 rings (SSSR count). The second-order valence-corrected chi connectivity index (χ2v) is 3.85. The highest BCUT2D eigenvalue weighted by Crippen LogP contribution is 2.22. The Morgan fingerprint density at radius 2 is 2.29 bits per heavy atom. The second kappa shape index (κ2) is 4.92. The van der Waals surface area contributed by atoms with E-state index in [9.17, 15) is 4.79 Å². The van der Waals surface area contributed by atoms with E-state index in [1.807, 2.05) is 0 Å². The number of anilines is 1. The van der Waals surface area contributed by atoms with E-state index >= 15 is 0 Å². The summed E-state index contributed by atoms with van der Waals surface area (Å²) < 4.78 is 4.58. The average molecular weight is 230 g/mol. The van der Waals surface area contributed by atoms with Crippen LogP contribution < -0.4 is 10.6 Å². The zero-order chi connectivity index (χ0) is 10.6. The molecule has 1 heterocycles. The lowest BCUT2D eigenvalue weighted by molar-refractivity contribution is 0.0606. The van der Waals surface area contributed by atoms with Crippen LogP contribution in [0.5, 0.6) is 0 Å². The molecule has 0 spiro atoms. The normalized spacial score (nSPS) is 9.29. The average Bonchev–Trinajstić information content (AvgIpc) is 2.65. The van der Waals surface area contributed by atoms with Gasteiger partial charge in [-0.15, -0.1) is 11.3 Å². The minimum Gasteiger partial charge on any atom is -0.465 e. The van der Waals surface area contributed by atoms with Crippen molar-refractivity contribution in [3.63, 3.8) is 0 Å². The number of carbonyl (C=O) groups excluding carboxylic acids is 1. The van der Waals surface area contributed by atoms with E-state index in [2.05, 4.69) is 15.4 Å². The van der Waals surface area contributed by atoms with Crippen molar-refractivity contribution in [1.29, 1.82) is 0 Å². The van der Waals surface area contributed by atoms with Crippen LogP contribution in [0, 0.1) is 0 Å². The Balaban J connectivity index is 2.68. The van der Waals surface area contributed by atoms with Gasteiger partial charge in [0.05, 0.1) is 12.1 Å². The molecule has 6 heteroatoms. The predicted molar refractivity (Wildman–Crippen MR) is 60.9 cm³/mol. The summed E-state index contributed by atoms with van der Waals surface area (Å²) in [5.74, 6) is -0.335. The quantitative estimate of drug-likeness (QED) is 0.595. The molecule has 76 valence electrons. The van der Waals surface area contributed by atoms with Crippen molar-refractivity contribution in [3.05, 3.63) is 17.0 Å². The molecule has 0 radical (unpaired) electrons. The van der Waals surface area contributed by atoms with Gasteiger partial charge in [-0.2, -0.15) is 0 Å². The van der Waals surface area contributed by atoms with Gasteiger partial charge in [-0.25, -0.2) is 4.79 Å². The van der Waals surface area contributed by atoms with E-state index in [1.165, 1.54) is 18.4 Å². The SMILES string of the molecule is CNC(=S)Nc1ccc(C(=O)OC)s1. The third kappa shape index (κ3) is 2.68. The topological polar surface area (TPSA) is 50.4 Å². The summed E-state index contributed by atoms with van der Waals surface area (Å²) in [6.07, 6.45) is 0. The summed E-state index contributed by atoms with van der Waals surface area (Å²) >= 11 is 6.20. The number of hydrogen-bond donors (Lipinski definition) is 2. The van der Waals surface area contributed by atoms with Gasteiger partial charge in [0.2, 0.25) is 0 Å². The highest BCUT2D eigenvalue weighted by Gasteiger charge is 2.08. The Kier molecular flexibility index (Phi) is 3.84. The minimum atomic E-state index is -0.335. The summed E-state index contributed by atoms with van der Waals surface area (Å²) in [5, 5.41) is 7.03. The highest BCUT2D eigenvalue weighted by atomic mass is 32.1. The molecule has 2 N–H and O–H groups in total. The van der Waals surface area contributed by atoms with Crippen LogP contribution in [-0.2, 0) is 4.74 Å². The monoisotopic (exact) mass is 230 g/mol. The van der Waals surface area contributed by atoms with Gasteiger partial charge in [0.15, 0.2) is 5.11 Å². The maximum atomic E-state index is 11.1. The van der Waals surface area contributed by atoms with Crippen LogP contribution in [0.25, 0.3) is 0 Å². The Bertz CT molecular complexity index is 349. The van der Waals surface area contributed by atoms with E-state index in [4.69, 9.17) is 12.2 Å². The summed E-state index contributed by atoms with van der Waals surface area (Å²) in [4.78, 5) is 11.6. The zero-order valence-corrected chi connectivity index (χ0v) is 9.42. The lowest BCUT2D eigenvalue weighted by atomic mass is 10.5. The molecule has 0 fully saturated rings. The number of thiocarbonyl (C=S) groups is 1. The summed E-state index contributed by atoms with van der Waals surface area (Å²) in [5.41, 5.74) is 0. The number of ether oxygens (including phenoxy) is 1. The smallest absolute Gasteiger partial charge is 0.348 e. The van der Waals surface area contributed by atoms with Gasteiger partial charge in [-0.1, -0.05) is 0 Å². The number of methoxy groups -OCH3 is 1. The fourth-order valence-corrected chi connectivity index (χ4v) is 1.79. The van der Waals surface area contributed by atoms with Gasteiger partial charge in [0.25, 0.3) is 0 Å². The molecule has 0 atom stereocenters. The van der Waals surface area contributed by atoms with Crippen molar-refractivity contribution in [2.45, 2.75) is 0 Å². The van der Waals surface area contributed by atoms with Crippen molar-refractivity contribution < 1.29 is 9.53 Å². The number of carbonyl (C=O) groups is 1. The van der Waals surface area contributed by atoms with Crippen LogP contribution in [0.4, 0.5) is 5.00 Å². The van der Waals surface area contributed by atoms with Gasteiger partial charge in [0, 0.05) is 7.05 Å². The lowest BCUT2D eigenvalue weighted by Crippen LogP contribution is -2.23. The number of thiophene rings is 1. The van der Waals surface area contributed by atoms with Gasteiger partial charge in [0.1, 0.15) is 4.88 Å². The molecule has 0 saturated heterocycles. The van der Waals surface area contributed by atoms with Gasteiger partial charge >= 0.3 is 5.97 Å². The van der Waals surface area contributed by atoms with E-state index in [1.54, 1.807) is 19.2 Å². The van der Waals surface area contributed by atoms with Crippen molar-refractivity contribution in [1.82, 2.24) is 5.32 Å². The van der Waals surface area contributed by atoms with E-state index in [0.29, 0.717) is 9.99 Å². The lowest BCUT2D eigenvalue weighted by Gasteiger charge is -2.02. The molecule has 0 amide bonds. The van der Waals surface area contributed by atoms with E-state index < -0.39 is 0 Å². The molecule has 0 aromatic carbocycles. The van der Waals surface area contributed by atoms with E-state index in [0.717, 1.165) is 5.00 Å². The Morgan fingerprint density at radius 1 is 1.57 bits per heavy atom. The number of rotatable bonds is 2. The van der Waals surface area contributed by atoms with Crippen LogP contribution in [0.1, 0.15) is 9.67 Å². The van der Waals surface area contributed by atoms with Gasteiger partial charge in [-0.3, -0.25) is 0 Å². The number of hydrogen-bond acceptors (Lipinski definition) is 4. The van der Waals surface area contributed by atoms with Crippen LogP contribution in [0.3, 0.4) is 0 Å². The molecule has 0 saturated carbocycles. The van der Waals surface area contributed by atoms with Crippen LogP contribution in [-0.4, -0.2) is 25.2 Å². The predicted octanol–water partition coefficient (Wildman–Crippen LogP) is 1.45. The molecular formula is C8H10N2O2S2. The summed E-state index contributed by atoms with van der Waals surface area (Å²) in [6, 6.07) is 3.47. The number of esters is 1. The first-order valence-electron chi connectivity index (χ1n) is 3.84. The largest absolute Gasteiger partial charge is 0.465 e. The van der Waals surface area contributed by atoms with Crippen LogP contribution >= 0.6 is 23.6 Å². The van der Waals surface area contributed by atoms with Crippen molar-refractivity contribution in [3.8, 4) is 0 Å². The minimum absolute atomic E-state index is 0.335. The molecule has 0 aliphatic rings. The van der Waals surface area contributed by atoms with Crippen molar-refractivity contribution in [2.75, 3.05) is 19.5 Å². The van der Waals surface area contributed by atoms with Crippen LogP contribution in [0.15, 0.2) is 12.1 Å². The third-order valence-electron chi connectivity index (χ3n) is 1.46. The fraction of sp³-hybridized carbons (Fsp3) is 0.250. The molecule has 1 aromatic heterocycles. The Labute approximate surface area is 91.3 Å². The molecule has 0 aliphatic heterocycles. The second-order valence-electron chi connectivity index (χ2n) is 2.36. The Hall–Kier alpha value is -1.14. The third-order valence-corrected chi connectivity index (χ3v) is 2.74. The van der Waals surface area contributed by atoms with Crippen LogP contribution in [0.2, 0.25) is 0 Å². The molecule has 0 unspecified atom stereocenters. The summed E-state index contributed by atoms with van der Waals surface area (Å²) in [6.45, 7) is 0. The van der Waals surface area contributed by atoms with E-state index in [-0.39, 0.29) is 5.97 Å². The van der Waals surface area contributed by atoms with Crippen molar-refractivity contribution >= 4 is 39.6 Å². The fourth-order valence-electron chi connectivity index (χ4n) is 0.790. The molecular weight excluding hydrogens is 220 g/mol. The zero-order valence-electron chi connectivity index (χ0n) is 7.79. The first-order chi connectivity index (χ1) is 6.67. The number of nitrogens with one attached hydrogen (secondary N) is 2. The molecule has 14 heavy (non-hydrogen) atoms. The first-order valence-corrected chi connectivity index (χ1v) is 5.06. The maximum Gasteiger partial charge on any atom is 0.348 e. The van der Waals surface area contributed by atoms with Gasteiger partial charge in [-0.05, 0) is 24.4 Å². The Morgan fingerprint density at radius 3 is 2.86 bits per heavy atom. The molecule has 0 bridgehead atoms. The standard InChI is InChI=1S/C8H10N2O2S2/c1-9-8(13)10-6-4-3-5(14-6)7(11)12-2/h3-4H,1-2H3,(H2,9,10,13). The maximum absolute atomic E-state index is 11.1. The van der Waals surface area contributed by atoms with Gasteiger partial charge < -0.3 is 15.4 Å². The molecule has 1 aromatic rings. The van der Waals surface area contributed by atoms with Crippen molar-refractivity contribution in [2.24, 2.45) is 0 Å². The molecule has 4 nitrogen and oxygen atoms in total.